The topological polar surface area (TPSA) is 75.7 Å². The predicted molar refractivity (Wildman–Crippen MR) is 123 cm³/mol. The Kier molecular flexibility index (Phi) is 6.65. The lowest BCUT2D eigenvalue weighted by Gasteiger charge is -2.24. The summed E-state index contributed by atoms with van der Waals surface area (Å²) in [6.07, 6.45) is 0. The number of amides is 1. The van der Waals surface area contributed by atoms with Crippen molar-refractivity contribution in [3.63, 3.8) is 0 Å². The van der Waals surface area contributed by atoms with Crippen LogP contribution in [0.5, 0.6) is 5.75 Å². The van der Waals surface area contributed by atoms with Gasteiger partial charge in [0.25, 0.3) is 10.0 Å². The van der Waals surface area contributed by atoms with Crippen LogP contribution in [0.1, 0.15) is 16.7 Å². The van der Waals surface area contributed by atoms with E-state index in [9.17, 15) is 13.2 Å². The van der Waals surface area contributed by atoms with E-state index in [1.807, 2.05) is 32.0 Å². The number of benzene rings is 3. The Hall–Kier alpha value is -3.32. The molecule has 0 unspecified atom stereocenters. The van der Waals surface area contributed by atoms with Gasteiger partial charge in [-0.05, 0) is 73.9 Å². The third kappa shape index (κ3) is 5.06. The maximum atomic E-state index is 13.5. The minimum atomic E-state index is -3.99. The second-order valence-electron chi connectivity index (χ2n) is 7.35. The second kappa shape index (κ2) is 9.22. The quantitative estimate of drug-likeness (QED) is 0.591. The lowest BCUT2D eigenvalue weighted by atomic mass is 10.1. The fourth-order valence-corrected chi connectivity index (χ4v) is 4.75. The van der Waals surface area contributed by atoms with Crippen LogP contribution in [0.2, 0.25) is 0 Å². The van der Waals surface area contributed by atoms with Crippen molar-refractivity contribution in [2.24, 2.45) is 0 Å². The number of methoxy groups -OCH3 is 1. The molecule has 0 bridgehead atoms. The first-order valence-corrected chi connectivity index (χ1v) is 11.3. The van der Waals surface area contributed by atoms with E-state index in [-0.39, 0.29) is 11.4 Å². The van der Waals surface area contributed by atoms with E-state index in [0.29, 0.717) is 22.7 Å². The summed E-state index contributed by atoms with van der Waals surface area (Å²) in [6.45, 7) is 5.24. The number of anilines is 2. The van der Waals surface area contributed by atoms with E-state index < -0.39 is 15.9 Å². The van der Waals surface area contributed by atoms with Gasteiger partial charge in [0.05, 0.1) is 17.7 Å². The molecule has 0 saturated carbocycles. The maximum Gasteiger partial charge on any atom is 0.264 e. The van der Waals surface area contributed by atoms with Gasteiger partial charge in [-0.2, -0.15) is 0 Å². The molecule has 0 fully saturated rings. The average Bonchev–Trinajstić information content (AvgIpc) is 2.75. The Balaban J connectivity index is 1.96. The number of para-hydroxylation sites is 1. The number of ether oxygens (including phenoxy) is 1. The van der Waals surface area contributed by atoms with Crippen LogP contribution in [0.25, 0.3) is 0 Å². The summed E-state index contributed by atoms with van der Waals surface area (Å²) >= 11 is 0. The largest absolute Gasteiger partial charge is 0.496 e. The second-order valence-corrected chi connectivity index (χ2v) is 9.21. The Morgan fingerprint density at radius 3 is 2.29 bits per heavy atom. The zero-order valence-corrected chi connectivity index (χ0v) is 18.9. The summed E-state index contributed by atoms with van der Waals surface area (Å²) in [5, 5.41) is 2.84. The molecule has 0 aliphatic rings. The lowest BCUT2D eigenvalue weighted by molar-refractivity contribution is -0.114. The molecule has 0 heterocycles. The number of carbonyl (C=O) groups excluding carboxylic acids is 1. The predicted octanol–water partition coefficient (Wildman–Crippen LogP) is 4.45. The van der Waals surface area contributed by atoms with Crippen LogP contribution in [-0.4, -0.2) is 28.0 Å². The van der Waals surface area contributed by atoms with Crippen molar-refractivity contribution >= 4 is 27.3 Å². The average molecular weight is 439 g/mol. The van der Waals surface area contributed by atoms with Gasteiger partial charge in [-0.15, -0.1) is 0 Å². The van der Waals surface area contributed by atoms with Gasteiger partial charge >= 0.3 is 0 Å². The molecule has 3 aromatic carbocycles. The first-order valence-electron chi connectivity index (χ1n) is 9.82. The van der Waals surface area contributed by atoms with Gasteiger partial charge in [-0.3, -0.25) is 9.10 Å². The standard InChI is InChI=1S/C24H26N2O4S/c1-17-10-11-18(2)22(14-17)25-24(27)16-26(20-8-6-5-7-9-20)31(28,29)21-12-13-23(30-4)19(3)15-21/h5-15H,16H2,1-4H3,(H,25,27). The molecule has 0 atom stereocenters. The van der Waals surface area contributed by atoms with Gasteiger partial charge in [-0.25, -0.2) is 8.42 Å². The molecule has 0 aliphatic carbocycles. The molecule has 1 N–H and O–H groups in total. The van der Waals surface area contributed by atoms with Gasteiger partial charge in [0.15, 0.2) is 0 Å². The van der Waals surface area contributed by atoms with Crippen LogP contribution < -0.4 is 14.4 Å². The molecular formula is C24H26N2O4S. The summed E-state index contributed by atoms with van der Waals surface area (Å²) in [5.41, 5.74) is 3.67. The molecule has 1 amide bonds. The van der Waals surface area contributed by atoms with E-state index in [4.69, 9.17) is 4.74 Å². The van der Waals surface area contributed by atoms with Crippen molar-refractivity contribution in [1.82, 2.24) is 0 Å². The van der Waals surface area contributed by atoms with E-state index in [1.165, 1.54) is 13.2 Å². The highest BCUT2D eigenvalue weighted by molar-refractivity contribution is 7.92. The van der Waals surface area contributed by atoms with Crippen LogP contribution in [0.15, 0.2) is 71.6 Å². The zero-order valence-electron chi connectivity index (χ0n) is 18.0. The van der Waals surface area contributed by atoms with Gasteiger partial charge in [0, 0.05) is 5.69 Å². The van der Waals surface area contributed by atoms with Gasteiger partial charge in [0.1, 0.15) is 12.3 Å². The smallest absolute Gasteiger partial charge is 0.264 e. The third-order valence-corrected chi connectivity index (χ3v) is 6.72. The first kappa shape index (κ1) is 22.4. The van der Waals surface area contributed by atoms with Crippen molar-refractivity contribution in [2.75, 3.05) is 23.3 Å². The highest BCUT2D eigenvalue weighted by Crippen LogP contribution is 2.27. The number of nitrogens with zero attached hydrogens (tertiary/aromatic N) is 1. The summed E-state index contributed by atoms with van der Waals surface area (Å²) in [4.78, 5) is 13.0. The minimum absolute atomic E-state index is 0.0918. The van der Waals surface area contributed by atoms with Crippen molar-refractivity contribution in [3.05, 3.63) is 83.4 Å². The van der Waals surface area contributed by atoms with Crippen LogP contribution in [0.4, 0.5) is 11.4 Å². The monoisotopic (exact) mass is 438 g/mol. The summed E-state index contributed by atoms with van der Waals surface area (Å²) < 4.78 is 33.4. The first-order chi connectivity index (χ1) is 14.7. The molecule has 0 saturated heterocycles. The summed E-state index contributed by atoms with van der Waals surface area (Å²) in [7, 11) is -2.46. The fourth-order valence-electron chi connectivity index (χ4n) is 3.24. The van der Waals surface area contributed by atoms with E-state index >= 15 is 0 Å². The highest BCUT2D eigenvalue weighted by Gasteiger charge is 2.28. The SMILES string of the molecule is COc1ccc(S(=O)(=O)N(CC(=O)Nc2cc(C)ccc2C)c2ccccc2)cc1C. The molecule has 7 heteroatoms. The molecule has 0 radical (unpaired) electrons. The van der Waals surface area contributed by atoms with Crippen LogP contribution in [0.3, 0.4) is 0 Å². The molecule has 0 spiro atoms. The maximum absolute atomic E-state index is 13.5. The molecule has 0 aliphatic heterocycles. The molecule has 0 aromatic heterocycles. The number of hydrogen-bond acceptors (Lipinski definition) is 4. The summed E-state index contributed by atoms with van der Waals surface area (Å²) in [6, 6.07) is 19.0. The Labute approximate surface area is 183 Å². The van der Waals surface area contributed by atoms with Crippen LogP contribution in [0, 0.1) is 20.8 Å². The number of sulfonamides is 1. The number of aryl methyl sites for hydroxylation is 3. The highest BCUT2D eigenvalue weighted by atomic mass is 32.2. The molecular weight excluding hydrogens is 412 g/mol. The normalized spacial score (nSPS) is 11.1. The molecule has 6 nitrogen and oxygen atoms in total. The number of hydrogen-bond donors (Lipinski definition) is 1. The van der Waals surface area contributed by atoms with E-state index in [1.54, 1.807) is 49.4 Å². The fraction of sp³-hybridized carbons (Fsp3) is 0.208. The Morgan fingerprint density at radius 2 is 1.65 bits per heavy atom. The van der Waals surface area contributed by atoms with Gasteiger partial charge in [0.2, 0.25) is 5.91 Å². The molecule has 3 rings (SSSR count). The Bertz CT molecular complexity index is 1190. The summed E-state index contributed by atoms with van der Waals surface area (Å²) in [5.74, 6) is 0.171. The third-order valence-electron chi connectivity index (χ3n) is 4.95. The number of carbonyl (C=O) groups is 1. The van der Waals surface area contributed by atoms with Crippen LogP contribution >= 0.6 is 0 Å². The number of rotatable bonds is 7. The molecule has 3 aromatic rings. The lowest BCUT2D eigenvalue weighted by Crippen LogP contribution is -2.38. The molecule has 162 valence electrons. The van der Waals surface area contributed by atoms with Gasteiger partial charge < -0.3 is 10.1 Å². The van der Waals surface area contributed by atoms with E-state index in [0.717, 1.165) is 15.4 Å². The van der Waals surface area contributed by atoms with Gasteiger partial charge in [-0.1, -0.05) is 30.3 Å². The van der Waals surface area contributed by atoms with Crippen molar-refractivity contribution in [3.8, 4) is 5.75 Å². The minimum Gasteiger partial charge on any atom is -0.496 e. The van der Waals surface area contributed by atoms with Crippen molar-refractivity contribution in [1.29, 1.82) is 0 Å². The van der Waals surface area contributed by atoms with Crippen LogP contribution in [-0.2, 0) is 14.8 Å². The zero-order chi connectivity index (χ0) is 22.6. The Morgan fingerprint density at radius 1 is 0.935 bits per heavy atom. The number of nitrogens with one attached hydrogen (secondary N) is 1. The van der Waals surface area contributed by atoms with Crippen molar-refractivity contribution < 1.29 is 17.9 Å². The van der Waals surface area contributed by atoms with E-state index in [2.05, 4.69) is 5.32 Å². The molecule has 31 heavy (non-hydrogen) atoms. The van der Waals surface area contributed by atoms with Crippen molar-refractivity contribution in [2.45, 2.75) is 25.7 Å².